The molecule has 1 unspecified atom stereocenters. The van der Waals surface area contributed by atoms with E-state index in [9.17, 15) is 18.0 Å². The van der Waals surface area contributed by atoms with E-state index in [1.807, 2.05) is 0 Å². The van der Waals surface area contributed by atoms with E-state index >= 15 is 0 Å². The Hall–Kier alpha value is -1.27. The molecule has 1 aliphatic heterocycles. The molecule has 2 N–H and O–H groups in total. The third-order valence-electron chi connectivity index (χ3n) is 2.92. The summed E-state index contributed by atoms with van der Waals surface area (Å²) < 4.78 is 38.6. The zero-order valence-electron chi connectivity index (χ0n) is 10.0. The molecule has 1 heterocycles. The predicted octanol–water partition coefficient (Wildman–Crippen LogP) is 2.46. The minimum absolute atomic E-state index is 0. The van der Waals surface area contributed by atoms with Crippen molar-refractivity contribution in [1.29, 1.82) is 0 Å². The molecule has 1 aliphatic rings. The molecule has 0 saturated carbocycles. The molecule has 1 aromatic rings. The van der Waals surface area contributed by atoms with Gasteiger partial charge in [-0.1, -0.05) is 0 Å². The van der Waals surface area contributed by atoms with Gasteiger partial charge in [-0.25, -0.2) is 13.2 Å². The number of hydrogen-bond acceptors (Lipinski definition) is 2. The zero-order valence-corrected chi connectivity index (χ0v) is 10.8. The lowest BCUT2D eigenvalue weighted by atomic mass is 9.99. The summed E-state index contributed by atoms with van der Waals surface area (Å²) in [6.45, 7) is 1.40. The molecule has 7 heteroatoms. The number of carbonyl (C=O) groups excluding carboxylic acids is 1. The lowest BCUT2D eigenvalue weighted by molar-refractivity contribution is -0.120. The Balaban J connectivity index is 0.00000180. The standard InChI is InChI=1S/C12H13F3N2O.ClH/c13-9-4-8(5-10(14)11(9)15)17-12(18)7-2-1-3-16-6-7;/h4-5,7,16H,1-3,6H2,(H,17,18);1H. The van der Waals surface area contributed by atoms with Crippen LogP contribution in [0.5, 0.6) is 0 Å². The lowest BCUT2D eigenvalue weighted by Gasteiger charge is -2.21. The monoisotopic (exact) mass is 294 g/mol. The van der Waals surface area contributed by atoms with Crippen LogP contribution in [0.3, 0.4) is 0 Å². The fourth-order valence-electron chi connectivity index (χ4n) is 1.95. The number of anilines is 1. The second kappa shape index (κ2) is 6.77. The summed E-state index contributed by atoms with van der Waals surface area (Å²) >= 11 is 0. The van der Waals surface area contributed by atoms with Gasteiger partial charge < -0.3 is 10.6 Å². The number of piperidine rings is 1. The van der Waals surface area contributed by atoms with E-state index in [2.05, 4.69) is 10.6 Å². The smallest absolute Gasteiger partial charge is 0.228 e. The summed E-state index contributed by atoms with van der Waals surface area (Å²) in [6.07, 6.45) is 1.61. The van der Waals surface area contributed by atoms with Crippen LogP contribution in [0, 0.1) is 23.4 Å². The summed E-state index contributed by atoms with van der Waals surface area (Å²) in [5.41, 5.74) is -0.0676. The summed E-state index contributed by atoms with van der Waals surface area (Å²) in [5.74, 6) is -4.70. The molecule has 0 radical (unpaired) electrons. The minimum Gasteiger partial charge on any atom is -0.326 e. The second-order valence-corrected chi connectivity index (χ2v) is 4.29. The zero-order chi connectivity index (χ0) is 13.1. The number of rotatable bonds is 2. The van der Waals surface area contributed by atoms with Gasteiger partial charge in [-0.2, -0.15) is 0 Å². The molecule has 1 aromatic carbocycles. The summed E-state index contributed by atoms with van der Waals surface area (Å²) in [4.78, 5) is 11.8. The highest BCUT2D eigenvalue weighted by Gasteiger charge is 2.21. The number of benzene rings is 1. The molecule has 106 valence electrons. The largest absolute Gasteiger partial charge is 0.326 e. The first-order valence-electron chi connectivity index (χ1n) is 5.74. The lowest BCUT2D eigenvalue weighted by Crippen LogP contribution is -2.37. The van der Waals surface area contributed by atoms with Crippen molar-refractivity contribution in [3.05, 3.63) is 29.6 Å². The highest BCUT2D eigenvalue weighted by molar-refractivity contribution is 5.92. The number of hydrogen-bond donors (Lipinski definition) is 2. The van der Waals surface area contributed by atoms with Gasteiger partial charge >= 0.3 is 0 Å². The van der Waals surface area contributed by atoms with Crippen LogP contribution >= 0.6 is 12.4 Å². The molecular formula is C12H14ClF3N2O. The molecule has 0 aliphatic carbocycles. The topological polar surface area (TPSA) is 41.1 Å². The van der Waals surface area contributed by atoms with Crippen LogP contribution in [0.15, 0.2) is 12.1 Å². The van der Waals surface area contributed by atoms with E-state index in [-0.39, 0.29) is 29.9 Å². The Bertz CT molecular complexity index is 441. The summed E-state index contributed by atoms with van der Waals surface area (Å²) in [5, 5.41) is 5.46. The number of carbonyl (C=O) groups is 1. The second-order valence-electron chi connectivity index (χ2n) is 4.29. The highest BCUT2D eigenvalue weighted by atomic mass is 35.5. The maximum atomic E-state index is 13.0. The minimum atomic E-state index is -1.53. The van der Waals surface area contributed by atoms with Crippen molar-refractivity contribution >= 4 is 24.0 Å². The third kappa shape index (κ3) is 3.84. The Kier molecular flexibility index (Phi) is 5.62. The van der Waals surface area contributed by atoms with E-state index in [1.165, 1.54) is 0 Å². The van der Waals surface area contributed by atoms with Gasteiger partial charge in [-0.05, 0) is 19.4 Å². The maximum absolute atomic E-state index is 13.0. The first-order chi connectivity index (χ1) is 8.58. The highest BCUT2D eigenvalue weighted by Crippen LogP contribution is 2.19. The van der Waals surface area contributed by atoms with E-state index in [0.717, 1.165) is 31.5 Å². The first-order valence-corrected chi connectivity index (χ1v) is 5.74. The van der Waals surface area contributed by atoms with E-state index < -0.39 is 17.5 Å². The molecule has 3 nitrogen and oxygen atoms in total. The van der Waals surface area contributed by atoms with E-state index in [4.69, 9.17) is 0 Å². The van der Waals surface area contributed by atoms with Crippen LogP contribution in [0.2, 0.25) is 0 Å². The van der Waals surface area contributed by atoms with E-state index in [1.54, 1.807) is 0 Å². The molecule has 0 bridgehead atoms. The normalized spacial score (nSPS) is 18.6. The van der Waals surface area contributed by atoms with Gasteiger partial charge in [0.1, 0.15) is 0 Å². The van der Waals surface area contributed by atoms with Crippen molar-refractivity contribution in [2.75, 3.05) is 18.4 Å². The fourth-order valence-corrected chi connectivity index (χ4v) is 1.95. The van der Waals surface area contributed by atoms with Crippen molar-refractivity contribution in [1.82, 2.24) is 5.32 Å². The van der Waals surface area contributed by atoms with Crippen molar-refractivity contribution in [3.63, 3.8) is 0 Å². The summed E-state index contributed by atoms with van der Waals surface area (Å²) in [6, 6.07) is 1.54. The van der Waals surface area contributed by atoms with Crippen molar-refractivity contribution in [2.45, 2.75) is 12.8 Å². The molecule has 2 rings (SSSR count). The Morgan fingerprint density at radius 3 is 2.42 bits per heavy atom. The van der Waals surface area contributed by atoms with Crippen LogP contribution in [-0.4, -0.2) is 19.0 Å². The van der Waals surface area contributed by atoms with Gasteiger partial charge in [0.15, 0.2) is 17.5 Å². The van der Waals surface area contributed by atoms with Crippen molar-refractivity contribution < 1.29 is 18.0 Å². The van der Waals surface area contributed by atoms with Crippen LogP contribution < -0.4 is 10.6 Å². The van der Waals surface area contributed by atoms with Crippen molar-refractivity contribution in [2.24, 2.45) is 5.92 Å². The fraction of sp³-hybridized carbons (Fsp3) is 0.417. The number of nitrogens with one attached hydrogen (secondary N) is 2. The van der Waals surface area contributed by atoms with E-state index in [0.29, 0.717) is 6.54 Å². The first kappa shape index (κ1) is 15.8. The average Bonchev–Trinajstić information content (AvgIpc) is 2.37. The molecule has 0 spiro atoms. The third-order valence-corrected chi connectivity index (χ3v) is 2.92. The Labute approximate surface area is 115 Å². The van der Waals surface area contributed by atoms with Gasteiger partial charge in [0, 0.05) is 24.4 Å². The van der Waals surface area contributed by atoms with Gasteiger partial charge in [0.05, 0.1) is 5.92 Å². The number of amides is 1. The summed E-state index contributed by atoms with van der Waals surface area (Å²) in [7, 11) is 0. The Morgan fingerprint density at radius 1 is 1.26 bits per heavy atom. The van der Waals surface area contributed by atoms with Gasteiger partial charge in [-0.15, -0.1) is 12.4 Å². The molecule has 1 saturated heterocycles. The van der Waals surface area contributed by atoms with Crippen LogP contribution in [-0.2, 0) is 4.79 Å². The van der Waals surface area contributed by atoms with Gasteiger partial charge in [0.2, 0.25) is 5.91 Å². The maximum Gasteiger partial charge on any atom is 0.228 e. The molecule has 19 heavy (non-hydrogen) atoms. The molecule has 1 amide bonds. The van der Waals surface area contributed by atoms with Crippen molar-refractivity contribution in [3.8, 4) is 0 Å². The average molecular weight is 295 g/mol. The molecular weight excluding hydrogens is 281 g/mol. The predicted molar refractivity (Wildman–Crippen MR) is 67.8 cm³/mol. The quantitative estimate of drug-likeness (QED) is 0.823. The van der Waals surface area contributed by atoms with Crippen LogP contribution in [0.4, 0.5) is 18.9 Å². The van der Waals surface area contributed by atoms with Crippen LogP contribution in [0.1, 0.15) is 12.8 Å². The number of halogens is 4. The van der Waals surface area contributed by atoms with Gasteiger partial charge in [-0.3, -0.25) is 4.79 Å². The SMILES string of the molecule is Cl.O=C(Nc1cc(F)c(F)c(F)c1)C1CCCNC1. The molecule has 0 aromatic heterocycles. The molecule has 1 atom stereocenters. The Morgan fingerprint density at radius 2 is 1.89 bits per heavy atom. The molecule has 1 fully saturated rings. The van der Waals surface area contributed by atoms with Gasteiger partial charge in [0.25, 0.3) is 0 Å². The van der Waals surface area contributed by atoms with Crippen LogP contribution in [0.25, 0.3) is 0 Å².